The van der Waals surface area contributed by atoms with Crippen molar-refractivity contribution in [1.82, 2.24) is 0 Å². The number of hydrogen-bond donors (Lipinski definition) is 2. The molecule has 8 nitrogen and oxygen atoms in total. The molecular formula is C14H16N2O6. The van der Waals surface area contributed by atoms with Crippen LogP contribution in [0, 0.1) is 0 Å². The maximum Gasteiger partial charge on any atom is 0.366 e. The summed E-state index contributed by atoms with van der Waals surface area (Å²) in [7, 11) is 0. The highest BCUT2D eigenvalue weighted by molar-refractivity contribution is 6.62. The van der Waals surface area contributed by atoms with Crippen molar-refractivity contribution in [3.05, 3.63) is 29.8 Å². The van der Waals surface area contributed by atoms with Gasteiger partial charge in [0, 0.05) is 0 Å². The molecule has 0 saturated carbocycles. The van der Waals surface area contributed by atoms with Crippen LogP contribution in [0.5, 0.6) is 0 Å². The molecule has 118 valence electrons. The van der Waals surface area contributed by atoms with Gasteiger partial charge in [-0.3, -0.25) is 5.43 Å². The largest absolute Gasteiger partial charge is 0.478 e. The minimum atomic E-state index is -1.17. The summed E-state index contributed by atoms with van der Waals surface area (Å²) in [5, 5.41) is 12.7. The van der Waals surface area contributed by atoms with Crippen LogP contribution in [-0.2, 0) is 19.1 Å². The van der Waals surface area contributed by atoms with E-state index in [0.29, 0.717) is 0 Å². The zero-order valence-electron chi connectivity index (χ0n) is 12.2. The molecule has 8 heteroatoms. The fourth-order valence-electron chi connectivity index (χ4n) is 1.46. The molecular weight excluding hydrogens is 292 g/mol. The summed E-state index contributed by atoms with van der Waals surface area (Å²) in [5.74, 6) is -3.09. The first-order chi connectivity index (χ1) is 10.5. The number of carbonyl (C=O) groups excluding carboxylic acids is 2. The Morgan fingerprint density at radius 2 is 1.64 bits per heavy atom. The molecule has 0 fully saturated rings. The van der Waals surface area contributed by atoms with Crippen molar-refractivity contribution >= 4 is 29.3 Å². The van der Waals surface area contributed by atoms with Crippen molar-refractivity contribution in [2.75, 3.05) is 18.6 Å². The number of aromatic carboxylic acids is 1. The molecule has 0 aliphatic rings. The molecule has 0 radical (unpaired) electrons. The molecule has 0 heterocycles. The van der Waals surface area contributed by atoms with E-state index in [0.717, 1.165) is 0 Å². The van der Waals surface area contributed by atoms with Crippen LogP contribution in [0.3, 0.4) is 0 Å². The van der Waals surface area contributed by atoms with Crippen LogP contribution in [-0.4, -0.2) is 41.9 Å². The van der Waals surface area contributed by atoms with E-state index >= 15 is 0 Å². The average molecular weight is 308 g/mol. The lowest BCUT2D eigenvalue weighted by atomic mass is 10.2. The number of ether oxygens (including phenoxy) is 2. The lowest BCUT2D eigenvalue weighted by Crippen LogP contribution is -2.29. The van der Waals surface area contributed by atoms with Gasteiger partial charge in [0.05, 0.1) is 24.5 Å². The smallest absolute Gasteiger partial charge is 0.366 e. The maximum absolute atomic E-state index is 11.7. The summed E-state index contributed by atoms with van der Waals surface area (Å²) in [5.41, 5.74) is 1.85. The quantitative estimate of drug-likeness (QED) is 0.337. The molecule has 0 unspecified atom stereocenters. The number of nitrogens with zero attached hydrogens (tertiary/aromatic N) is 1. The second kappa shape index (κ2) is 8.40. The number of benzene rings is 1. The first kappa shape index (κ1) is 17.2. The number of carbonyl (C=O) groups is 3. The molecule has 1 aromatic rings. The van der Waals surface area contributed by atoms with Crippen LogP contribution < -0.4 is 5.43 Å². The summed E-state index contributed by atoms with van der Waals surface area (Å²) in [6, 6.07) is 5.92. The molecule has 0 saturated heterocycles. The van der Waals surface area contributed by atoms with Crippen LogP contribution in [0.2, 0.25) is 0 Å². The number of nitrogens with one attached hydrogen (secondary N) is 1. The number of para-hydroxylation sites is 1. The first-order valence-corrected chi connectivity index (χ1v) is 6.51. The van der Waals surface area contributed by atoms with Crippen molar-refractivity contribution < 1.29 is 29.0 Å². The summed E-state index contributed by atoms with van der Waals surface area (Å²) >= 11 is 0. The monoisotopic (exact) mass is 308 g/mol. The summed E-state index contributed by atoms with van der Waals surface area (Å²) in [6.45, 7) is 3.27. The molecule has 0 aromatic heterocycles. The van der Waals surface area contributed by atoms with E-state index in [1.54, 1.807) is 19.9 Å². The van der Waals surface area contributed by atoms with Crippen LogP contribution in [0.1, 0.15) is 24.2 Å². The third-order valence-corrected chi connectivity index (χ3v) is 2.38. The lowest BCUT2D eigenvalue weighted by Gasteiger charge is -2.08. The van der Waals surface area contributed by atoms with Crippen molar-refractivity contribution in [3.8, 4) is 0 Å². The zero-order valence-corrected chi connectivity index (χ0v) is 12.2. The van der Waals surface area contributed by atoms with E-state index in [9.17, 15) is 14.4 Å². The highest BCUT2D eigenvalue weighted by Gasteiger charge is 2.24. The SMILES string of the molecule is CCOC(=O)C(=NNc1ccccc1C(=O)O)C(=O)OCC. The molecule has 22 heavy (non-hydrogen) atoms. The molecule has 0 spiro atoms. The van der Waals surface area contributed by atoms with Crippen LogP contribution in [0.15, 0.2) is 29.4 Å². The number of carboxylic acids is 1. The Balaban J connectivity index is 3.05. The number of esters is 2. The molecule has 0 bridgehead atoms. The van der Waals surface area contributed by atoms with E-state index in [1.807, 2.05) is 0 Å². The molecule has 0 aliphatic carbocycles. The zero-order chi connectivity index (χ0) is 16.5. The Kier molecular flexibility index (Phi) is 6.55. The van der Waals surface area contributed by atoms with Crippen molar-refractivity contribution in [2.24, 2.45) is 5.10 Å². The Morgan fingerprint density at radius 1 is 1.09 bits per heavy atom. The highest BCUT2D eigenvalue weighted by atomic mass is 16.6. The van der Waals surface area contributed by atoms with Gasteiger partial charge in [0.15, 0.2) is 0 Å². The first-order valence-electron chi connectivity index (χ1n) is 6.51. The summed E-state index contributed by atoms with van der Waals surface area (Å²) < 4.78 is 9.42. The standard InChI is InChI=1S/C14H16N2O6/c1-3-21-13(19)11(14(20)22-4-2)16-15-10-8-6-5-7-9(10)12(17)18/h5-8,15H,3-4H2,1-2H3,(H,17,18). The molecule has 1 rings (SSSR count). The summed E-state index contributed by atoms with van der Waals surface area (Å²) in [6.07, 6.45) is 0. The molecule has 0 amide bonds. The van der Waals surface area contributed by atoms with Gasteiger partial charge in [0.1, 0.15) is 0 Å². The second-order valence-corrected chi connectivity index (χ2v) is 3.86. The highest BCUT2D eigenvalue weighted by Crippen LogP contribution is 2.14. The predicted molar refractivity (Wildman–Crippen MR) is 77.7 cm³/mol. The lowest BCUT2D eigenvalue weighted by molar-refractivity contribution is -0.140. The maximum atomic E-state index is 11.7. The molecule has 0 atom stereocenters. The number of hydrazone groups is 1. The third-order valence-electron chi connectivity index (χ3n) is 2.38. The van der Waals surface area contributed by atoms with Crippen LogP contribution in [0.4, 0.5) is 5.69 Å². The van der Waals surface area contributed by atoms with Crippen LogP contribution in [0.25, 0.3) is 0 Å². The Labute approximate surface area is 126 Å². The van der Waals surface area contributed by atoms with E-state index in [2.05, 4.69) is 10.5 Å². The number of hydrogen-bond acceptors (Lipinski definition) is 7. The van der Waals surface area contributed by atoms with Crippen molar-refractivity contribution in [1.29, 1.82) is 0 Å². The molecule has 1 aromatic carbocycles. The van der Waals surface area contributed by atoms with Crippen molar-refractivity contribution in [3.63, 3.8) is 0 Å². The van der Waals surface area contributed by atoms with E-state index in [4.69, 9.17) is 14.6 Å². The third kappa shape index (κ3) is 4.58. The van der Waals surface area contributed by atoms with E-state index < -0.39 is 23.6 Å². The average Bonchev–Trinajstić information content (AvgIpc) is 2.48. The Hall–Kier alpha value is -2.90. The van der Waals surface area contributed by atoms with E-state index in [-0.39, 0.29) is 24.5 Å². The molecule has 2 N–H and O–H groups in total. The normalized spacial score (nSPS) is 9.55. The minimum absolute atomic E-state index is 0.0571. The van der Waals surface area contributed by atoms with Gasteiger partial charge in [-0.2, -0.15) is 5.10 Å². The fourth-order valence-corrected chi connectivity index (χ4v) is 1.46. The van der Waals surface area contributed by atoms with E-state index in [1.165, 1.54) is 18.2 Å². The molecule has 0 aliphatic heterocycles. The fraction of sp³-hybridized carbons (Fsp3) is 0.286. The predicted octanol–water partition coefficient (Wildman–Crippen LogP) is 1.28. The van der Waals surface area contributed by atoms with Gasteiger partial charge in [-0.15, -0.1) is 0 Å². The summed E-state index contributed by atoms with van der Waals surface area (Å²) in [4.78, 5) is 34.4. The topological polar surface area (TPSA) is 114 Å². The van der Waals surface area contributed by atoms with Gasteiger partial charge < -0.3 is 14.6 Å². The number of rotatable bonds is 7. The van der Waals surface area contributed by atoms with Crippen molar-refractivity contribution in [2.45, 2.75) is 13.8 Å². The van der Waals surface area contributed by atoms with Crippen LogP contribution >= 0.6 is 0 Å². The van der Waals surface area contributed by atoms with Gasteiger partial charge in [-0.1, -0.05) is 12.1 Å². The van der Waals surface area contributed by atoms with Gasteiger partial charge in [0.2, 0.25) is 0 Å². The minimum Gasteiger partial charge on any atom is -0.478 e. The van der Waals surface area contributed by atoms with Gasteiger partial charge >= 0.3 is 17.9 Å². The van der Waals surface area contributed by atoms with Gasteiger partial charge in [-0.05, 0) is 26.0 Å². The second-order valence-electron chi connectivity index (χ2n) is 3.86. The number of anilines is 1. The van der Waals surface area contributed by atoms with Gasteiger partial charge in [-0.25, -0.2) is 14.4 Å². The Morgan fingerprint density at radius 3 is 2.14 bits per heavy atom. The van der Waals surface area contributed by atoms with Gasteiger partial charge in [0.25, 0.3) is 5.71 Å². The number of carboxylic acid groups (broad SMARTS) is 1. The Bertz CT molecular complexity index is 577.